The second kappa shape index (κ2) is 13.4. The molecule has 0 saturated carbocycles. The number of methoxy groups -OCH3 is 1. The van der Waals surface area contributed by atoms with Crippen molar-refractivity contribution in [3.63, 3.8) is 0 Å². The molecule has 0 aliphatic carbocycles. The first kappa shape index (κ1) is 30.3. The Labute approximate surface area is 254 Å². The number of anilines is 1. The summed E-state index contributed by atoms with van der Waals surface area (Å²) in [5.74, 6) is 1.36. The number of ether oxygens (including phenoxy) is 1. The van der Waals surface area contributed by atoms with E-state index in [4.69, 9.17) is 4.74 Å². The predicted octanol–water partition coefficient (Wildman–Crippen LogP) is 5.83. The topological polar surface area (TPSA) is 60.9 Å². The minimum Gasteiger partial charge on any atom is -0.497 e. The lowest BCUT2D eigenvalue weighted by molar-refractivity contribution is -0.137. The SMILES string of the molecule is COc1ccc(CN2CCC(N3CCN(c4ncc(C(=O)NCc5ccc(C(F)(F)F)cc5)cc4Br)CC3)CC2)cc1.[HH]. The summed E-state index contributed by atoms with van der Waals surface area (Å²) >= 11 is 3.59. The van der Waals surface area contributed by atoms with Crippen LogP contribution in [-0.2, 0) is 19.3 Å². The molecule has 5 rings (SSSR count). The van der Waals surface area contributed by atoms with Gasteiger partial charge in [-0.1, -0.05) is 24.3 Å². The van der Waals surface area contributed by atoms with Crippen LogP contribution in [0.5, 0.6) is 5.75 Å². The van der Waals surface area contributed by atoms with E-state index in [9.17, 15) is 18.0 Å². The van der Waals surface area contributed by atoms with Gasteiger partial charge in [0.2, 0.25) is 0 Å². The van der Waals surface area contributed by atoms with Gasteiger partial charge in [-0.3, -0.25) is 14.6 Å². The molecule has 2 aliphatic rings. The van der Waals surface area contributed by atoms with Gasteiger partial charge in [-0.15, -0.1) is 0 Å². The van der Waals surface area contributed by atoms with Gasteiger partial charge in [0.25, 0.3) is 5.91 Å². The Hall–Kier alpha value is -3.15. The van der Waals surface area contributed by atoms with E-state index in [1.165, 1.54) is 17.7 Å². The fourth-order valence-electron chi connectivity index (χ4n) is 5.61. The minimum atomic E-state index is -4.38. The Balaban J connectivity index is 0.00000423. The Morgan fingerprint density at radius 2 is 1.64 bits per heavy atom. The average Bonchev–Trinajstić information content (AvgIpc) is 3.00. The maximum atomic E-state index is 12.8. The molecule has 0 atom stereocenters. The van der Waals surface area contributed by atoms with Crippen molar-refractivity contribution in [1.82, 2.24) is 20.1 Å². The van der Waals surface area contributed by atoms with Crippen molar-refractivity contribution in [2.75, 3.05) is 51.3 Å². The lowest BCUT2D eigenvalue weighted by atomic mass is 10.0. The van der Waals surface area contributed by atoms with Gasteiger partial charge < -0.3 is 15.0 Å². The van der Waals surface area contributed by atoms with Crippen LogP contribution in [0.25, 0.3) is 0 Å². The summed E-state index contributed by atoms with van der Waals surface area (Å²) in [6.45, 7) is 6.91. The van der Waals surface area contributed by atoms with Gasteiger partial charge >= 0.3 is 6.18 Å². The van der Waals surface area contributed by atoms with Gasteiger partial charge in [-0.05, 0) is 83.3 Å². The summed E-state index contributed by atoms with van der Waals surface area (Å²) in [4.78, 5) is 24.6. The van der Waals surface area contributed by atoms with E-state index < -0.39 is 11.7 Å². The van der Waals surface area contributed by atoms with E-state index in [1.54, 1.807) is 19.4 Å². The summed E-state index contributed by atoms with van der Waals surface area (Å²) in [5.41, 5.74) is 1.57. The fraction of sp³-hybridized carbons (Fsp3) is 0.419. The molecular weight excluding hydrogens is 611 g/mol. The molecule has 226 valence electrons. The maximum Gasteiger partial charge on any atom is 0.416 e. The van der Waals surface area contributed by atoms with Crippen LogP contribution in [0, 0.1) is 0 Å². The van der Waals surface area contributed by atoms with Crippen molar-refractivity contribution in [2.24, 2.45) is 0 Å². The van der Waals surface area contributed by atoms with Gasteiger partial charge in [-0.25, -0.2) is 4.98 Å². The highest BCUT2D eigenvalue weighted by Gasteiger charge is 2.30. The molecule has 3 aromatic rings. The van der Waals surface area contributed by atoms with Crippen molar-refractivity contribution >= 4 is 27.7 Å². The average molecular weight is 649 g/mol. The number of nitrogens with zero attached hydrogens (tertiary/aromatic N) is 4. The molecule has 0 unspecified atom stereocenters. The largest absolute Gasteiger partial charge is 0.497 e. The molecule has 0 bridgehead atoms. The van der Waals surface area contributed by atoms with E-state index in [-0.39, 0.29) is 13.9 Å². The number of halogens is 4. The number of likely N-dealkylation sites (tertiary alicyclic amines) is 1. The van der Waals surface area contributed by atoms with Crippen LogP contribution in [0.2, 0.25) is 0 Å². The normalized spacial score (nSPS) is 17.3. The highest BCUT2D eigenvalue weighted by atomic mass is 79.9. The highest BCUT2D eigenvalue weighted by Crippen LogP contribution is 2.30. The number of piperidine rings is 1. The van der Waals surface area contributed by atoms with Crippen molar-refractivity contribution < 1.29 is 24.1 Å². The zero-order valence-electron chi connectivity index (χ0n) is 23.5. The van der Waals surface area contributed by atoms with Crippen LogP contribution in [0.15, 0.2) is 65.3 Å². The number of hydrogen-bond acceptors (Lipinski definition) is 6. The summed E-state index contributed by atoms with van der Waals surface area (Å²) in [6.07, 6.45) is -0.513. The first-order valence-corrected chi connectivity index (χ1v) is 14.9. The number of carbonyl (C=O) groups is 1. The van der Waals surface area contributed by atoms with Crippen molar-refractivity contribution in [3.05, 3.63) is 87.5 Å². The molecule has 0 spiro atoms. The lowest BCUT2D eigenvalue weighted by Crippen LogP contribution is -2.53. The molecule has 3 heterocycles. The van der Waals surface area contributed by atoms with Crippen LogP contribution in [0.3, 0.4) is 0 Å². The minimum absolute atomic E-state index is 0. The van der Waals surface area contributed by atoms with E-state index in [2.05, 4.69) is 53.1 Å². The van der Waals surface area contributed by atoms with E-state index in [0.29, 0.717) is 17.2 Å². The molecule has 0 radical (unpaired) electrons. The van der Waals surface area contributed by atoms with Gasteiger partial charge in [0.15, 0.2) is 0 Å². The molecule has 1 aromatic heterocycles. The highest BCUT2D eigenvalue weighted by molar-refractivity contribution is 9.10. The standard InChI is InChI=1S/C31H35BrF3N5O2.H2/c1-42-27-8-4-23(5-9-27)21-38-12-10-26(11-13-38)39-14-16-40(17-15-39)29-28(32)18-24(20-36-29)30(41)37-19-22-2-6-25(7-3-22)31(33,34)35;/h2-9,18,20,26H,10-17,19,21H2,1H3,(H,37,41);1H. The molecule has 2 fully saturated rings. The Bertz CT molecular complexity index is 1350. The first-order chi connectivity index (χ1) is 20.2. The molecule has 2 aromatic carbocycles. The summed E-state index contributed by atoms with van der Waals surface area (Å²) in [6, 6.07) is 15.4. The number of carbonyl (C=O) groups excluding carboxylic acids is 1. The molecule has 1 amide bonds. The van der Waals surface area contributed by atoms with Crippen molar-refractivity contribution in [3.8, 4) is 5.75 Å². The number of amides is 1. The number of rotatable bonds is 8. The Kier molecular flexibility index (Phi) is 9.70. The quantitative estimate of drug-likeness (QED) is 0.332. The van der Waals surface area contributed by atoms with Crippen molar-refractivity contribution in [2.45, 2.75) is 38.1 Å². The van der Waals surface area contributed by atoms with Crippen LogP contribution >= 0.6 is 15.9 Å². The van der Waals surface area contributed by atoms with Crippen LogP contribution in [0.1, 0.15) is 41.3 Å². The number of hydrogen-bond donors (Lipinski definition) is 1. The molecule has 1 N–H and O–H groups in total. The van der Waals surface area contributed by atoms with Crippen LogP contribution < -0.4 is 15.0 Å². The molecule has 2 aliphatic heterocycles. The van der Waals surface area contributed by atoms with Gasteiger partial charge in [0.05, 0.1) is 22.7 Å². The zero-order chi connectivity index (χ0) is 29.7. The zero-order valence-corrected chi connectivity index (χ0v) is 25.1. The van der Waals surface area contributed by atoms with E-state index in [1.807, 2.05) is 12.1 Å². The number of piperazine rings is 1. The predicted molar refractivity (Wildman–Crippen MR) is 162 cm³/mol. The second-order valence-electron chi connectivity index (χ2n) is 10.8. The Morgan fingerprint density at radius 1 is 1.00 bits per heavy atom. The first-order valence-electron chi connectivity index (χ1n) is 14.1. The van der Waals surface area contributed by atoms with Gasteiger partial charge in [0, 0.05) is 52.9 Å². The molecule has 7 nitrogen and oxygen atoms in total. The summed E-state index contributed by atoms with van der Waals surface area (Å²) in [7, 11) is 1.69. The molecule has 11 heteroatoms. The third-order valence-electron chi connectivity index (χ3n) is 8.07. The van der Waals surface area contributed by atoms with Gasteiger partial charge in [0.1, 0.15) is 11.6 Å². The number of pyridine rings is 1. The second-order valence-corrected chi connectivity index (χ2v) is 11.6. The van der Waals surface area contributed by atoms with E-state index >= 15 is 0 Å². The number of nitrogens with one attached hydrogen (secondary N) is 1. The van der Waals surface area contributed by atoms with Crippen molar-refractivity contribution in [1.29, 1.82) is 0 Å². The molecule has 2 saturated heterocycles. The summed E-state index contributed by atoms with van der Waals surface area (Å²) < 4.78 is 44.3. The van der Waals surface area contributed by atoms with Crippen LogP contribution in [0.4, 0.5) is 19.0 Å². The smallest absolute Gasteiger partial charge is 0.416 e. The monoisotopic (exact) mass is 647 g/mol. The Morgan fingerprint density at radius 3 is 2.24 bits per heavy atom. The van der Waals surface area contributed by atoms with E-state index in [0.717, 1.165) is 86.8 Å². The number of benzene rings is 2. The molecule has 42 heavy (non-hydrogen) atoms. The lowest BCUT2D eigenvalue weighted by Gasteiger charge is -2.43. The van der Waals surface area contributed by atoms with Gasteiger partial charge in [-0.2, -0.15) is 13.2 Å². The fourth-order valence-corrected chi connectivity index (χ4v) is 6.21. The third kappa shape index (κ3) is 7.62. The molecular formula is C31H37BrF3N5O2. The van der Waals surface area contributed by atoms with Crippen LogP contribution in [-0.4, -0.2) is 73.1 Å². The third-order valence-corrected chi connectivity index (χ3v) is 8.65. The maximum absolute atomic E-state index is 12.8. The summed E-state index contributed by atoms with van der Waals surface area (Å²) in [5, 5.41) is 2.75. The number of aromatic nitrogens is 1. The number of alkyl halides is 3.